The Bertz CT molecular complexity index is 386. The Hall–Kier alpha value is -0.610. The standard InChI is InChI=1S/C16H30N4O3.HI/c1-2-17-16(19-8-7-18-15(21)13-5-6-13)20-9-11-22-12-14-4-3-10-23-14;/h13-14H,2-12H2,1H3,(H,18,21)(H2,17,19,20);1H. The van der Waals surface area contributed by atoms with E-state index in [0.717, 1.165) is 44.8 Å². The number of hydrogen-bond acceptors (Lipinski definition) is 4. The van der Waals surface area contributed by atoms with Crippen LogP contribution in [0.25, 0.3) is 0 Å². The Balaban J connectivity index is 0.00000288. The van der Waals surface area contributed by atoms with Crippen molar-refractivity contribution in [3.8, 4) is 0 Å². The summed E-state index contributed by atoms with van der Waals surface area (Å²) in [5.41, 5.74) is 0. The van der Waals surface area contributed by atoms with Crippen molar-refractivity contribution in [3.05, 3.63) is 0 Å². The smallest absolute Gasteiger partial charge is 0.223 e. The zero-order chi connectivity index (χ0) is 16.3. The zero-order valence-corrected chi connectivity index (χ0v) is 16.8. The van der Waals surface area contributed by atoms with Crippen LogP contribution >= 0.6 is 24.0 Å². The summed E-state index contributed by atoms with van der Waals surface area (Å²) in [6.45, 7) is 6.84. The van der Waals surface area contributed by atoms with E-state index in [0.29, 0.717) is 32.8 Å². The molecule has 1 aliphatic carbocycles. The van der Waals surface area contributed by atoms with Gasteiger partial charge in [0.2, 0.25) is 5.91 Å². The minimum absolute atomic E-state index is 0. The maximum absolute atomic E-state index is 11.5. The van der Waals surface area contributed by atoms with Gasteiger partial charge < -0.3 is 25.4 Å². The van der Waals surface area contributed by atoms with E-state index in [2.05, 4.69) is 20.9 Å². The highest BCUT2D eigenvalue weighted by molar-refractivity contribution is 14.0. The molecule has 8 heteroatoms. The molecule has 1 heterocycles. The number of carbonyl (C=O) groups excluding carboxylic acids is 1. The topological polar surface area (TPSA) is 84.0 Å². The van der Waals surface area contributed by atoms with E-state index in [9.17, 15) is 4.79 Å². The lowest BCUT2D eigenvalue weighted by molar-refractivity contribution is -0.122. The van der Waals surface area contributed by atoms with Gasteiger partial charge in [0.1, 0.15) is 0 Å². The summed E-state index contributed by atoms with van der Waals surface area (Å²) in [6.07, 6.45) is 4.57. The first-order chi connectivity index (χ1) is 11.3. The first-order valence-corrected chi connectivity index (χ1v) is 8.79. The Kier molecular flexibility index (Phi) is 11.4. The molecule has 0 spiro atoms. The molecule has 2 rings (SSSR count). The van der Waals surface area contributed by atoms with E-state index in [1.807, 2.05) is 6.92 Å². The maximum Gasteiger partial charge on any atom is 0.223 e. The summed E-state index contributed by atoms with van der Waals surface area (Å²) in [5, 5.41) is 9.32. The number of nitrogens with zero attached hydrogens (tertiary/aromatic N) is 1. The third-order valence-corrected chi connectivity index (χ3v) is 3.84. The minimum Gasteiger partial charge on any atom is -0.377 e. The number of aliphatic imine (C=N–C) groups is 1. The van der Waals surface area contributed by atoms with Crippen LogP contribution in [0.4, 0.5) is 0 Å². The van der Waals surface area contributed by atoms with Crippen LogP contribution < -0.4 is 16.0 Å². The lowest BCUT2D eigenvalue weighted by atomic mass is 10.2. The van der Waals surface area contributed by atoms with Crippen molar-refractivity contribution in [1.82, 2.24) is 16.0 Å². The van der Waals surface area contributed by atoms with Gasteiger partial charge in [-0.05, 0) is 32.6 Å². The summed E-state index contributed by atoms with van der Waals surface area (Å²) >= 11 is 0. The molecule has 0 aromatic heterocycles. The predicted molar refractivity (Wildman–Crippen MR) is 105 cm³/mol. The lowest BCUT2D eigenvalue weighted by Gasteiger charge is -2.12. The molecule has 1 atom stereocenters. The highest BCUT2D eigenvalue weighted by Gasteiger charge is 2.28. The molecular formula is C16H31IN4O3. The van der Waals surface area contributed by atoms with E-state index in [-0.39, 0.29) is 41.9 Å². The average molecular weight is 454 g/mol. The molecule has 0 aromatic rings. The molecule has 1 saturated heterocycles. The van der Waals surface area contributed by atoms with E-state index in [1.165, 1.54) is 0 Å². The Labute approximate surface area is 161 Å². The monoisotopic (exact) mass is 454 g/mol. The minimum atomic E-state index is 0. The molecule has 3 N–H and O–H groups in total. The fraction of sp³-hybridized carbons (Fsp3) is 0.875. The number of halogens is 1. The van der Waals surface area contributed by atoms with Crippen LogP contribution in [0.2, 0.25) is 0 Å². The summed E-state index contributed by atoms with van der Waals surface area (Å²) < 4.78 is 11.1. The van der Waals surface area contributed by atoms with Gasteiger partial charge in [0, 0.05) is 32.2 Å². The van der Waals surface area contributed by atoms with Crippen LogP contribution in [0.5, 0.6) is 0 Å². The van der Waals surface area contributed by atoms with Crippen molar-refractivity contribution in [2.75, 3.05) is 46.0 Å². The lowest BCUT2D eigenvalue weighted by Crippen LogP contribution is -2.42. The van der Waals surface area contributed by atoms with Gasteiger partial charge in [-0.25, -0.2) is 0 Å². The summed E-state index contributed by atoms with van der Waals surface area (Å²) in [7, 11) is 0. The summed E-state index contributed by atoms with van der Waals surface area (Å²) in [4.78, 5) is 16.0. The molecule has 1 aliphatic heterocycles. The number of guanidine groups is 1. The van der Waals surface area contributed by atoms with Crippen molar-refractivity contribution < 1.29 is 14.3 Å². The van der Waals surface area contributed by atoms with Crippen LogP contribution in [0, 0.1) is 5.92 Å². The van der Waals surface area contributed by atoms with E-state index >= 15 is 0 Å². The van der Waals surface area contributed by atoms with Gasteiger partial charge in [0.05, 0.1) is 25.9 Å². The number of hydrogen-bond donors (Lipinski definition) is 3. The molecular weight excluding hydrogens is 423 g/mol. The van der Waals surface area contributed by atoms with Crippen LogP contribution in [0.15, 0.2) is 4.99 Å². The largest absolute Gasteiger partial charge is 0.377 e. The third-order valence-electron chi connectivity index (χ3n) is 3.84. The fourth-order valence-electron chi connectivity index (χ4n) is 2.41. The molecule has 1 saturated carbocycles. The van der Waals surface area contributed by atoms with E-state index in [1.54, 1.807) is 0 Å². The van der Waals surface area contributed by atoms with Crippen LogP contribution in [0.3, 0.4) is 0 Å². The first kappa shape index (κ1) is 21.4. The molecule has 1 amide bonds. The molecule has 24 heavy (non-hydrogen) atoms. The number of carbonyl (C=O) groups is 1. The molecule has 0 radical (unpaired) electrons. The second-order valence-electron chi connectivity index (χ2n) is 5.96. The van der Waals surface area contributed by atoms with Gasteiger partial charge >= 0.3 is 0 Å². The number of ether oxygens (including phenoxy) is 2. The molecule has 2 fully saturated rings. The van der Waals surface area contributed by atoms with Gasteiger partial charge in [-0.15, -0.1) is 24.0 Å². The fourth-order valence-corrected chi connectivity index (χ4v) is 2.41. The Morgan fingerprint density at radius 2 is 2.00 bits per heavy atom. The normalized spacial score (nSPS) is 20.4. The van der Waals surface area contributed by atoms with Gasteiger partial charge in [-0.2, -0.15) is 0 Å². The molecule has 7 nitrogen and oxygen atoms in total. The van der Waals surface area contributed by atoms with Crippen molar-refractivity contribution in [1.29, 1.82) is 0 Å². The first-order valence-electron chi connectivity index (χ1n) is 8.79. The molecule has 1 unspecified atom stereocenters. The second-order valence-corrected chi connectivity index (χ2v) is 5.96. The molecule has 140 valence electrons. The Morgan fingerprint density at radius 1 is 1.21 bits per heavy atom. The Morgan fingerprint density at radius 3 is 2.67 bits per heavy atom. The second kappa shape index (κ2) is 12.7. The van der Waals surface area contributed by atoms with Gasteiger partial charge in [0.15, 0.2) is 5.96 Å². The number of amides is 1. The predicted octanol–water partition coefficient (Wildman–Crippen LogP) is 0.881. The molecule has 0 bridgehead atoms. The van der Waals surface area contributed by atoms with Gasteiger partial charge in [-0.3, -0.25) is 9.79 Å². The molecule has 0 aromatic carbocycles. The van der Waals surface area contributed by atoms with E-state index in [4.69, 9.17) is 9.47 Å². The van der Waals surface area contributed by atoms with Crippen LogP contribution in [0.1, 0.15) is 32.6 Å². The van der Waals surface area contributed by atoms with Crippen LogP contribution in [-0.4, -0.2) is 64.0 Å². The van der Waals surface area contributed by atoms with Crippen molar-refractivity contribution in [3.63, 3.8) is 0 Å². The quantitative estimate of drug-likeness (QED) is 0.198. The molecule has 2 aliphatic rings. The van der Waals surface area contributed by atoms with Gasteiger partial charge in [0.25, 0.3) is 0 Å². The van der Waals surface area contributed by atoms with Crippen LogP contribution in [-0.2, 0) is 14.3 Å². The highest BCUT2D eigenvalue weighted by Crippen LogP contribution is 2.28. The zero-order valence-electron chi connectivity index (χ0n) is 14.5. The van der Waals surface area contributed by atoms with Crippen molar-refractivity contribution in [2.45, 2.75) is 38.7 Å². The van der Waals surface area contributed by atoms with Crippen molar-refractivity contribution in [2.24, 2.45) is 10.9 Å². The number of nitrogens with one attached hydrogen (secondary N) is 3. The third kappa shape index (κ3) is 9.03. The van der Waals surface area contributed by atoms with Crippen molar-refractivity contribution >= 4 is 35.8 Å². The summed E-state index contributed by atoms with van der Waals surface area (Å²) in [5.74, 6) is 1.20. The maximum atomic E-state index is 11.5. The highest BCUT2D eigenvalue weighted by atomic mass is 127. The van der Waals surface area contributed by atoms with E-state index < -0.39 is 0 Å². The average Bonchev–Trinajstić information content (AvgIpc) is 3.28. The van der Waals surface area contributed by atoms with Gasteiger partial charge in [-0.1, -0.05) is 0 Å². The SMILES string of the molecule is CCNC(=NCCOCC1CCCO1)NCCNC(=O)C1CC1.I. The number of rotatable bonds is 10. The summed E-state index contributed by atoms with van der Waals surface area (Å²) in [6, 6.07) is 0.